The second-order valence-electron chi connectivity index (χ2n) is 5.20. The smallest absolute Gasteiger partial charge is 0.317 e. The van der Waals surface area contributed by atoms with Crippen LogP contribution in [0.25, 0.3) is 0 Å². The second kappa shape index (κ2) is 7.72. The van der Waals surface area contributed by atoms with Gasteiger partial charge < -0.3 is 20.6 Å². The fraction of sp³-hybridized carbons (Fsp3) is 0.769. The number of carbonyl (C=O) groups is 3. The predicted molar refractivity (Wildman–Crippen MR) is 73.2 cm³/mol. The van der Waals surface area contributed by atoms with Crippen molar-refractivity contribution in [3.63, 3.8) is 0 Å². The number of carbonyl (C=O) groups excluding carboxylic acids is 2. The molecule has 0 aromatic carbocycles. The van der Waals surface area contributed by atoms with Crippen LogP contribution in [0.5, 0.6) is 0 Å². The Balaban J connectivity index is 2.32. The highest BCUT2D eigenvalue weighted by atomic mass is 16.4. The van der Waals surface area contributed by atoms with Crippen LogP contribution < -0.4 is 10.6 Å². The molecule has 7 nitrogen and oxygen atoms in total. The number of aliphatic carboxylic acids is 1. The van der Waals surface area contributed by atoms with Gasteiger partial charge in [0.1, 0.15) is 6.54 Å². The summed E-state index contributed by atoms with van der Waals surface area (Å²) in [5.41, 5.74) is 0. The minimum atomic E-state index is -0.811. The first-order valence-corrected chi connectivity index (χ1v) is 6.95. The van der Waals surface area contributed by atoms with Crippen LogP contribution in [0.4, 0.5) is 4.79 Å². The van der Waals surface area contributed by atoms with E-state index >= 15 is 0 Å². The summed E-state index contributed by atoms with van der Waals surface area (Å²) in [4.78, 5) is 35.5. The molecule has 7 heteroatoms. The summed E-state index contributed by atoms with van der Waals surface area (Å²) < 4.78 is 0. The molecule has 1 rings (SSSR count). The number of urea groups is 1. The van der Waals surface area contributed by atoms with Gasteiger partial charge in [-0.3, -0.25) is 9.59 Å². The van der Waals surface area contributed by atoms with E-state index in [1.165, 1.54) is 4.90 Å². The molecule has 0 radical (unpaired) electrons. The third kappa shape index (κ3) is 5.07. The fourth-order valence-electron chi connectivity index (χ4n) is 2.23. The van der Waals surface area contributed by atoms with Gasteiger partial charge in [0.2, 0.25) is 5.91 Å². The van der Waals surface area contributed by atoms with Crippen molar-refractivity contribution in [1.29, 1.82) is 0 Å². The van der Waals surface area contributed by atoms with E-state index in [1.54, 1.807) is 7.05 Å². The number of likely N-dealkylation sites (N-methyl/N-ethyl adjacent to an activating group) is 1. The molecule has 1 aliphatic carbocycles. The van der Waals surface area contributed by atoms with E-state index in [0.717, 1.165) is 6.42 Å². The molecule has 3 amide bonds. The highest BCUT2D eigenvalue weighted by Gasteiger charge is 2.31. The van der Waals surface area contributed by atoms with E-state index in [-0.39, 0.29) is 30.4 Å². The molecular weight excluding hydrogens is 262 g/mol. The maximum absolute atomic E-state index is 11.9. The Hall–Kier alpha value is -1.79. The van der Waals surface area contributed by atoms with Crippen LogP contribution in [0.2, 0.25) is 0 Å². The van der Waals surface area contributed by atoms with Gasteiger partial charge in [0.05, 0.1) is 5.92 Å². The van der Waals surface area contributed by atoms with Gasteiger partial charge in [-0.05, 0) is 25.7 Å². The van der Waals surface area contributed by atoms with Crippen molar-refractivity contribution in [3.8, 4) is 0 Å². The Kier molecular flexibility index (Phi) is 6.27. The molecule has 0 saturated heterocycles. The highest BCUT2D eigenvalue weighted by Crippen LogP contribution is 2.25. The average Bonchev–Trinajstić information content (AvgIpc) is 2.84. The van der Waals surface area contributed by atoms with E-state index in [0.29, 0.717) is 25.8 Å². The molecule has 1 aliphatic rings. The molecule has 20 heavy (non-hydrogen) atoms. The Morgan fingerprint density at radius 1 is 1.30 bits per heavy atom. The van der Waals surface area contributed by atoms with Crippen LogP contribution in [0, 0.1) is 5.92 Å². The molecular formula is C13H23N3O4. The van der Waals surface area contributed by atoms with Gasteiger partial charge >= 0.3 is 12.0 Å². The number of carboxylic acid groups (broad SMARTS) is 1. The van der Waals surface area contributed by atoms with E-state index in [4.69, 9.17) is 5.11 Å². The van der Waals surface area contributed by atoms with Crippen LogP contribution in [0.1, 0.15) is 32.6 Å². The minimum absolute atomic E-state index is 0.000905. The number of nitrogens with zero attached hydrogens (tertiary/aromatic N) is 1. The Bertz CT molecular complexity index is 373. The molecule has 1 saturated carbocycles. The first-order chi connectivity index (χ1) is 9.43. The molecule has 114 valence electrons. The van der Waals surface area contributed by atoms with Crippen LogP contribution >= 0.6 is 0 Å². The molecule has 0 spiro atoms. The third-order valence-electron chi connectivity index (χ3n) is 3.41. The van der Waals surface area contributed by atoms with Crippen LogP contribution in [0.3, 0.4) is 0 Å². The summed E-state index contributed by atoms with van der Waals surface area (Å²) in [5, 5.41) is 14.4. The molecule has 1 fully saturated rings. The molecule has 0 aromatic rings. The third-order valence-corrected chi connectivity index (χ3v) is 3.41. The van der Waals surface area contributed by atoms with Crippen LogP contribution in [-0.4, -0.2) is 54.1 Å². The highest BCUT2D eigenvalue weighted by molar-refractivity contribution is 5.84. The SMILES string of the molecule is CCCNC(=O)CN(C)C(=O)NC1CCC(C(=O)O)C1. The molecule has 0 heterocycles. The van der Waals surface area contributed by atoms with E-state index in [1.807, 2.05) is 6.92 Å². The zero-order valence-corrected chi connectivity index (χ0v) is 12.0. The quantitative estimate of drug-likeness (QED) is 0.658. The lowest BCUT2D eigenvalue weighted by molar-refractivity contribution is -0.141. The van der Waals surface area contributed by atoms with Crippen molar-refractivity contribution in [2.45, 2.75) is 38.6 Å². The molecule has 3 N–H and O–H groups in total. The van der Waals surface area contributed by atoms with Gasteiger partial charge in [0.15, 0.2) is 0 Å². The van der Waals surface area contributed by atoms with Gasteiger partial charge in [0, 0.05) is 19.6 Å². The lowest BCUT2D eigenvalue weighted by Gasteiger charge is -2.20. The van der Waals surface area contributed by atoms with Crippen LogP contribution in [0.15, 0.2) is 0 Å². The summed E-state index contributed by atoms with van der Waals surface area (Å²) in [6.07, 6.45) is 2.55. The van der Waals surface area contributed by atoms with E-state index < -0.39 is 5.97 Å². The Morgan fingerprint density at radius 3 is 2.55 bits per heavy atom. The first-order valence-electron chi connectivity index (χ1n) is 6.95. The second-order valence-corrected chi connectivity index (χ2v) is 5.20. The van der Waals surface area contributed by atoms with Gasteiger partial charge in [0.25, 0.3) is 0 Å². The predicted octanol–water partition coefficient (Wildman–Crippen LogP) is 0.407. The fourth-order valence-corrected chi connectivity index (χ4v) is 2.23. The largest absolute Gasteiger partial charge is 0.481 e. The number of rotatable bonds is 6. The Morgan fingerprint density at radius 2 is 2.00 bits per heavy atom. The topological polar surface area (TPSA) is 98.7 Å². The van der Waals surface area contributed by atoms with Crippen molar-refractivity contribution < 1.29 is 19.5 Å². The first kappa shape index (κ1) is 16.3. The minimum Gasteiger partial charge on any atom is -0.481 e. The summed E-state index contributed by atoms with van der Waals surface area (Å²) in [6, 6.07) is -0.461. The molecule has 2 unspecified atom stereocenters. The van der Waals surface area contributed by atoms with Crippen molar-refractivity contribution >= 4 is 17.9 Å². The zero-order chi connectivity index (χ0) is 15.1. The van der Waals surface area contributed by atoms with E-state index in [2.05, 4.69) is 10.6 Å². The van der Waals surface area contributed by atoms with Crippen molar-refractivity contribution in [2.24, 2.45) is 5.92 Å². The lowest BCUT2D eigenvalue weighted by atomic mass is 10.1. The maximum Gasteiger partial charge on any atom is 0.317 e. The molecule has 0 aromatic heterocycles. The molecule has 0 bridgehead atoms. The summed E-state index contributed by atoms with van der Waals surface area (Å²) in [5.74, 6) is -1.38. The number of amides is 3. The number of nitrogens with one attached hydrogen (secondary N) is 2. The summed E-state index contributed by atoms with van der Waals surface area (Å²) in [7, 11) is 1.55. The average molecular weight is 285 g/mol. The molecule has 0 aliphatic heterocycles. The van der Waals surface area contributed by atoms with Gasteiger partial charge in [-0.25, -0.2) is 4.79 Å². The van der Waals surface area contributed by atoms with Crippen molar-refractivity contribution in [3.05, 3.63) is 0 Å². The number of hydrogen-bond acceptors (Lipinski definition) is 3. The summed E-state index contributed by atoms with van der Waals surface area (Å²) >= 11 is 0. The van der Waals surface area contributed by atoms with Gasteiger partial charge in [-0.1, -0.05) is 6.92 Å². The van der Waals surface area contributed by atoms with Gasteiger partial charge in [-0.2, -0.15) is 0 Å². The van der Waals surface area contributed by atoms with Crippen molar-refractivity contribution in [2.75, 3.05) is 20.1 Å². The zero-order valence-electron chi connectivity index (χ0n) is 12.0. The van der Waals surface area contributed by atoms with Crippen LogP contribution in [-0.2, 0) is 9.59 Å². The molecule has 2 atom stereocenters. The standard InChI is InChI=1S/C13H23N3O4/c1-3-6-14-11(17)8-16(2)13(20)15-10-5-4-9(7-10)12(18)19/h9-10H,3-8H2,1-2H3,(H,14,17)(H,15,20)(H,18,19). The summed E-state index contributed by atoms with van der Waals surface area (Å²) in [6.45, 7) is 2.55. The number of hydrogen-bond donors (Lipinski definition) is 3. The van der Waals surface area contributed by atoms with Crippen molar-refractivity contribution in [1.82, 2.24) is 15.5 Å². The monoisotopic (exact) mass is 285 g/mol. The Labute approximate surface area is 118 Å². The van der Waals surface area contributed by atoms with Gasteiger partial charge in [-0.15, -0.1) is 0 Å². The maximum atomic E-state index is 11.9. The lowest BCUT2D eigenvalue weighted by Crippen LogP contribution is -2.46. The normalized spacial score (nSPS) is 21.3. The van der Waals surface area contributed by atoms with E-state index in [9.17, 15) is 14.4 Å². The number of carboxylic acids is 1.